The second-order valence-electron chi connectivity index (χ2n) is 3.58. The zero-order valence-electron chi connectivity index (χ0n) is 8.97. The second kappa shape index (κ2) is 4.97. The van der Waals surface area contributed by atoms with Crippen molar-refractivity contribution in [1.82, 2.24) is 9.36 Å². The number of hydrogen-bond donors (Lipinski definition) is 1. The lowest BCUT2D eigenvalue weighted by molar-refractivity contribution is 1.09. The molecule has 0 radical (unpaired) electrons. The van der Waals surface area contributed by atoms with Crippen LogP contribution in [0.4, 0.5) is 0 Å². The van der Waals surface area contributed by atoms with E-state index in [1.807, 2.05) is 22.9 Å². The summed E-state index contributed by atoms with van der Waals surface area (Å²) >= 11 is 10.4. The Morgan fingerprint density at radius 2 is 2.28 bits per heavy atom. The molecule has 3 heterocycles. The predicted molar refractivity (Wildman–Crippen MR) is 78.2 cm³/mol. The largest absolute Gasteiger partial charge is 0.276 e. The van der Waals surface area contributed by atoms with E-state index in [1.54, 1.807) is 22.7 Å². The number of halogens is 1. The number of nitrogens with one attached hydrogen (secondary N) is 1. The molecule has 7 heteroatoms. The molecule has 0 bridgehead atoms. The second-order valence-corrected chi connectivity index (χ2v) is 6.81. The van der Waals surface area contributed by atoms with Gasteiger partial charge in [-0.3, -0.25) is 9.17 Å². The zero-order valence-corrected chi connectivity index (χ0v) is 12.2. The molecule has 0 atom stereocenters. The Morgan fingerprint density at radius 1 is 1.39 bits per heavy atom. The molecule has 0 fully saturated rings. The van der Waals surface area contributed by atoms with E-state index < -0.39 is 0 Å². The highest BCUT2D eigenvalue weighted by atomic mass is 35.5. The van der Waals surface area contributed by atoms with Gasteiger partial charge in [-0.05, 0) is 23.0 Å². The maximum atomic E-state index is 11.5. The molecular weight excluding hydrogens is 308 g/mol. The van der Waals surface area contributed by atoms with Crippen LogP contribution in [-0.4, -0.2) is 9.36 Å². The van der Waals surface area contributed by atoms with Crippen molar-refractivity contribution in [2.24, 2.45) is 0 Å². The first-order valence-corrected chi connectivity index (χ1v) is 8.03. The third-order valence-electron chi connectivity index (χ3n) is 2.39. The molecular formula is C11H7ClN2OS3. The van der Waals surface area contributed by atoms with Crippen LogP contribution < -0.4 is 5.56 Å². The normalized spacial score (nSPS) is 10.9. The molecule has 0 aromatic carbocycles. The lowest BCUT2D eigenvalue weighted by Crippen LogP contribution is -2.06. The standard InChI is InChI=1S/C11H7ClN2OS3/c12-9-7(10(15)14-18-9)4-6-5-17-11(13-6)8-2-1-3-16-8/h1-3,5H,4H2,(H,14,15). The summed E-state index contributed by atoms with van der Waals surface area (Å²) in [4.78, 5) is 17.2. The van der Waals surface area contributed by atoms with Crippen molar-refractivity contribution in [1.29, 1.82) is 0 Å². The number of thiazole rings is 1. The van der Waals surface area contributed by atoms with Gasteiger partial charge in [0, 0.05) is 11.8 Å². The molecule has 1 N–H and O–H groups in total. The summed E-state index contributed by atoms with van der Waals surface area (Å²) in [5.41, 5.74) is 1.37. The zero-order chi connectivity index (χ0) is 12.5. The first-order valence-electron chi connectivity index (χ1n) is 5.08. The molecule has 0 aliphatic carbocycles. The van der Waals surface area contributed by atoms with E-state index in [9.17, 15) is 4.79 Å². The molecule has 3 aromatic rings. The van der Waals surface area contributed by atoms with Gasteiger partial charge in [0.25, 0.3) is 5.56 Å². The van der Waals surface area contributed by atoms with Gasteiger partial charge in [-0.25, -0.2) is 4.98 Å². The molecule has 3 nitrogen and oxygen atoms in total. The van der Waals surface area contributed by atoms with Gasteiger partial charge in [0.2, 0.25) is 0 Å². The summed E-state index contributed by atoms with van der Waals surface area (Å²) in [5.74, 6) is 0. The van der Waals surface area contributed by atoms with E-state index in [4.69, 9.17) is 11.6 Å². The molecule has 3 aromatic heterocycles. The number of thiophene rings is 1. The molecule has 0 unspecified atom stereocenters. The minimum atomic E-state index is -0.115. The van der Waals surface area contributed by atoms with Crippen molar-refractivity contribution in [3.63, 3.8) is 0 Å². The fourth-order valence-corrected chi connectivity index (χ4v) is 4.03. The van der Waals surface area contributed by atoms with E-state index in [1.165, 1.54) is 0 Å². The SMILES string of the molecule is O=c1[nH]sc(Cl)c1Cc1csc(-c2cccs2)n1. The van der Waals surface area contributed by atoms with Crippen LogP contribution in [-0.2, 0) is 6.42 Å². The van der Waals surface area contributed by atoms with Crippen molar-refractivity contribution < 1.29 is 0 Å². The fourth-order valence-electron chi connectivity index (χ4n) is 1.54. The number of aromatic amines is 1. The van der Waals surface area contributed by atoms with Crippen LogP contribution in [0, 0.1) is 0 Å². The average Bonchev–Trinajstić information content (AvgIpc) is 3.06. The van der Waals surface area contributed by atoms with Crippen molar-refractivity contribution in [3.05, 3.63) is 48.8 Å². The van der Waals surface area contributed by atoms with Crippen molar-refractivity contribution in [2.75, 3.05) is 0 Å². The van der Waals surface area contributed by atoms with Crippen LogP contribution in [0.3, 0.4) is 0 Å². The Morgan fingerprint density at radius 3 is 2.94 bits per heavy atom. The Hall–Kier alpha value is -0.950. The van der Waals surface area contributed by atoms with Gasteiger partial charge in [-0.2, -0.15) is 0 Å². The van der Waals surface area contributed by atoms with Crippen LogP contribution in [0.2, 0.25) is 4.34 Å². The molecule has 0 aliphatic rings. The van der Waals surface area contributed by atoms with Crippen molar-refractivity contribution in [3.8, 4) is 9.88 Å². The summed E-state index contributed by atoms with van der Waals surface area (Å²) in [6.07, 6.45) is 0.486. The first kappa shape index (κ1) is 12.1. The average molecular weight is 315 g/mol. The van der Waals surface area contributed by atoms with E-state index >= 15 is 0 Å². The Bertz CT molecular complexity index is 711. The summed E-state index contributed by atoms with van der Waals surface area (Å²) in [7, 11) is 0. The summed E-state index contributed by atoms with van der Waals surface area (Å²) in [6, 6.07) is 4.04. The van der Waals surface area contributed by atoms with Crippen LogP contribution >= 0.6 is 45.8 Å². The topological polar surface area (TPSA) is 45.8 Å². The Kier molecular flexibility index (Phi) is 3.34. The maximum Gasteiger partial charge on any atom is 0.263 e. The quantitative estimate of drug-likeness (QED) is 0.797. The first-order chi connectivity index (χ1) is 8.74. The maximum absolute atomic E-state index is 11.5. The van der Waals surface area contributed by atoms with Gasteiger partial charge in [-0.15, -0.1) is 22.7 Å². The fraction of sp³-hybridized carbons (Fsp3) is 0.0909. The number of H-pyrrole nitrogens is 1. The molecule has 0 saturated carbocycles. The summed E-state index contributed by atoms with van der Waals surface area (Å²) in [5, 5.41) is 4.99. The smallest absolute Gasteiger partial charge is 0.263 e. The monoisotopic (exact) mass is 314 g/mol. The van der Waals surface area contributed by atoms with Gasteiger partial charge >= 0.3 is 0 Å². The summed E-state index contributed by atoms with van der Waals surface area (Å²) in [6.45, 7) is 0. The van der Waals surface area contributed by atoms with Crippen molar-refractivity contribution in [2.45, 2.75) is 6.42 Å². The molecule has 0 saturated heterocycles. The van der Waals surface area contributed by atoms with E-state index in [2.05, 4.69) is 9.36 Å². The van der Waals surface area contributed by atoms with Gasteiger partial charge in [-0.1, -0.05) is 17.7 Å². The number of aromatic nitrogens is 2. The lowest BCUT2D eigenvalue weighted by Gasteiger charge is -1.92. The van der Waals surface area contributed by atoms with Crippen LogP contribution in [0.5, 0.6) is 0 Å². The van der Waals surface area contributed by atoms with E-state index in [-0.39, 0.29) is 5.56 Å². The van der Waals surface area contributed by atoms with Crippen LogP contribution in [0.15, 0.2) is 27.7 Å². The van der Waals surface area contributed by atoms with Crippen molar-refractivity contribution >= 4 is 45.8 Å². The Balaban J connectivity index is 1.89. The molecule has 0 aliphatic heterocycles. The van der Waals surface area contributed by atoms with E-state index in [0.717, 1.165) is 27.1 Å². The molecule has 3 rings (SSSR count). The van der Waals surface area contributed by atoms with Crippen LogP contribution in [0.1, 0.15) is 11.3 Å². The third kappa shape index (κ3) is 2.29. The lowest BCUT2D eigenvalue weighted by atomic mass is 10.2. The van der Waals surface area contributed by atoms with Gasteiger partial charge in [0.1, 0.15) is 9.34 Å². The molecule has 18 heavy (non-hydrogen) atoms. The number of rotatable bonds is 3. The van der Waals surface area contributed by atoms with Gasteiger partial charge in [0.05, 0.1) is 16.1 Å². The Labute approximate surface area is 120 Å². The molecule has 92 valence electrons. The summed E-state index contributed by atoms with van der Waals surface area (Å²) < 4.78 is 3.14. The van der Waals surface area contributed by atoms with Crippen LogP contribution in [0.25, 0.3) is 9.88 Å². The highest BCUT2D eigenvalue weighted by molar-refractivity contribution is 7.20. The van der Waals surface area contributed by atoms with E-state index in [0.29, 0.717) is 16.3 Å². The molecule has 0 spiro atoms. The number of nitrogens with zero attached hydrogens (tertiary/aromatic N) is 1. The van der Waals surface area contributed by atoms with Gasteiger partial charge in [0.15, 0.2) is 0 Å². The highest BCUT2D eigenvalue weighted by Crippen LogP contribution is 2.29. The minimum Gasteiger partial charge on any atom is -0.276 e. The third-order valence-corrected chi connectivity index (χ3v) is 5.49. The predicted octanol–water partition coefficient (Wildman–Crippen LogP) is 3.87. The van der Waals surface area contributed by atoms with Gasteiger partial charge < -0.3 is 0 Å². The highest BCUT2D eigenvalue weighted by Gasteiger charge is 2.12. The minimum absolute atomic E-state index is 0.115. The number of hydrogen-bond acceptors (Lipinski definition) is 5. The molecule has 0 amide bonds.